The van der Waals surface area contributed by atoms with Crippen LogP contribution in [0.2, 0.25) is 0 Å². The summed E-state index contributed by atoms with van der Waals surface area (Å²) in [7, 11) is 0. The molecule has 0 radical (unpaired) electrons. The Morgan fingerprint density at radius 3 is 2.35 bits per heavy atom. The molecule has 2 amide bonds. The smallest absolute Gasteiger partial charge is 0.348 e. The topological polar surface area (TPSA) is 58.2 Å². The number of rotatable bonds is 5. The van der Waals surface area contributed by atoms with Crippen molar-refractivity contribution in [1.82, 2.24) is 5.32 Å². The maximum atomic E-state index is 13.4. The van der Waals surface area contributed by atoms with E-state index in [0.717, 1.165) is 6.08 Å². The average molecular weight is 366 g/mol. The number of hydrogen-bond acceptors (Lipinski definition) is 2. The monoisotopic (exact) mass is 366 g/mol. The number of amides is 2. The number of para-hydroxylation sites is 1. The molecule has 0 aliphatic carbocycles. The number of anilines is 1. The second kappa shape index (κ2) is 8.28. The zero-order valence-corrected chi connectivity index (χ0v) is 13.3. The van der Waals surface area contributed by atoms with E-state index in [1.54, 1.807) is 17.4 Å². The van der Waals surface area contributed by atoms with Crippen molar-refractivity contribution in [2.24, 2.45) is 0 Å². The predicted octanol–water partition coefficient (Wildman–Crippen LogP) is 3.66. The van der Waals surface area contributed by atoms with E-state index in [4.69, 9.17) is 0 Å². The fourth-order valence-corrected chi connectivity index (χ4v) is 2.01. The molecule has 0 aromatic heterocycles. The van der Waals surface area contributed by atoms with Crippen LogP contribution in [0.4, 0.5) is 23.2 Å². The molecule has 4 nitrogen and oxygen atoms in total. The lowest BCUT2D eigenvalue weighted by Gasteiger charge is -2.12. The molecule has 0 atom stereocenters. The zero-order valence-electron chi connectivity index (χ0n) is 13.3. The molecule has 136 valence electrons. The van der Waals surface area contributed by atoms with Crippen molar-refractivity contribution >= 4 is 23.6 Å². The van der Waals surface area contributed by atoms with E-state index in [1.165, 1.54) is 42.5 Å². The average Bonchev–Trinajstić information content (AvgIpc) is 2.59. The van der Waals surface area contributed by atoms with Gasteiger partial charge in [0.25, 0.3) is 0 Å². The highest BCUT2D eigenvalue weighted by Gasteiger charge is 2.38. The van der Waals surface area contributed by atoms with E-state index < -0.39 is 23.8 Å². The van der Waals surface area contributed by atoms with Crippen LogP contribution in [0.3, 0.4) is 0 Å². The third kappa shape index (κ3) is 5.44. The van der Waals surface area contributed by atoms with Crippen molar-refractivity contribution in [2.45, 2.75) is 12.7 Å². The van der Waals surface area contributed by atoms with E-state index in [2.05, 4.69) is 5.32 Å². The lowest BCUT2D eigenvalue weighted by atomic mass is 10.1. The second-order valence-corrected chi connectivity index (χ2v) is 5.18. The van der Waals surface area contributed by atoms with Gasteiger partial charge in [0.15, 0.2) is 0 Å². The van der Waals surface area contributed by atoms with Crippen LogP contribution in [-0.4, -0.2) is 18.0 Å². The van der Waals surface area contributed by atoms with Gasteiger partial charge in [0.05, 0.1) is 0 Å². The van der Waals surface area contributed by atoms with Gasteiger partial charge >= 0.3 is 12.1 Å². The van der Waals surface area contributed by atoms with Gasteiger partial charge in [0.2, 0.25) is 5.91 Å². The summed E-state index contributed by atoms with van der Waals surface area (Å²) in [6.07, 6.45) is -2.63. The maximum absolute atomic E-state index is 13.4. The fraction of sp³-hybridized carbons (Fsp3) is 0.111. The molecule has 2 aromatic rings. The van der Waals surface area contributed by atoms with E-state index in [0.29, 0.717) is 0 Å². The van der Waals surface area contributed by atoms with Crippen LogP contribution in [-0.2, 0) is 16.1 Å². The van der Waals surface area contributed by atoms with E-state index >= 15 is 0 Å². The highest BCUT2D eigenvalue weighted by molar-refractivity contribution is 5.96. The molecule has 0 saturated carbocycles. The van der Waals surface area contributed by atoms with Crippen LogP contribution in [0.1, 0.15) is 11.1 Å². The molecule has 8 heteroatoms. The summed E-state index contributed by atoms with van der Waals surface area (Å²) < 4.78 is 50.5. The maximum Gasteiger partial charge on any atom is 0.471 e. The third-order valence-electron chi connectivity index (χ3n) is 3.30. The summed E-state index contributed by atoms with van der Waals surface area (Å²) in [6, 6.07) is 11.6. The van der Waals surface area contributed by atoms with E-state index in [1.807, 2.05) is 0 Å². The quantitative estimate of drug-likeness (QED) is 0.627. The van der Waals surface area contributed by atoms with Crippen molar-refractivity contribution < 1.29 is 27.2 Å². The molecular formula is C18H14F4N2O2. The summed E-state index contributed by atoms with van der Waals surface area (Å²) in [6.45, 7) is -0.116. The SMILES string of the molecule is O=C(/C=C/c1ccccc1F)NCc1ccccc1NC(=O)C(F)(F)F. The molecule has 0 saturated heterocycles. The molecule has 0 fully saturated rings. The highest BCUT2D eigenvalue weighted by Crippen LogP contribution is 2.21. The molecule has 26 heavy (non-hydrogen) atoms. The van der Waals surface area contributed by atoms with Crippen LogP contribution in [0.25, 0.3) is 6.08 Å². The summed E-state index contributed by atoms with van der Waals surface area (Å²) in [5, 5.41) is 4.22. The van der Waals surface area contributed by atoms with Crippen LogP contribution in [0.5, 0.6) is 0 Å². The van der Waals surface area contributed by atoms with Gasteiger partial charge in [-0.2, -0.15) is 13.2 Å². The molecule has 0 spiro atoms. The van der Waals surface area contributed by atoms with Crippen molar-refractivity contribution in [3.63, 3.8) is 0 Å². The van der Waals surface area contributed by atoms with E-state index in [-0.39, 0.29) is 23.4 Å². The van der Waals surface area contributed by atoms with Crippen molar-refractivity contribution in [3.8, 4) is 0 Å². The van der Waals surface area contributed by atoms with Gasteiger partial charge in [0, 0.05) is 23.9 Å². The molecule has 2 N–H and O–H groups in total. The van der Waals surface area contributed by atoms with Crippen LogP contribution in [0.15, 0.2) is 54.6 Å². The predicted molar refractivity (Wildman–Crippen MR) is 88.4 cm³/mol. The van der Waals surface area contributed by atoms with Gasteiger partial charge in [-0.3, -0.25) is 9.59 Å². The van der Waals surface area contributed by atoms with Crippen molar-refractivity contribution in [3.05, 3.63) is 71.6 Å². The number of benzene rings is 2. The largest absolute Gasteiger partial charge is 0.471 e. The van der Waals surface area contributed by atoms with Crippen LogP contribution in [0, 0.1) is 5.82 Å². The Bertz CT molecular complexity index is 832. The highest BCUT2D eigenvalue weighted by atomic mass is 19.4. The molecule has 2 rings (SSSR count). The summed E-state index contributed by atoms with van der Waals surface area (Å²) >= 11 is 0. The Kier molecular flexibility index (Phi) is 6.11. The van der Waals surface area contributed by atoms with Crippen LogP contribution >= 0.6 is 0 Å². The second-order valence-electron chi connectivity index (χ2n) is 5.18. The summed E-state index contributed by atoms with van der Waals surface area (Å²) in [5.41, 5.74) is 0.450. The van der Waals surface area contributed by atoms with Gasteiger partial charge in [-0.15, -0.1) is 0 Å². The fourth-order valence-electron chi connectivity index (χ4n) is 2.01. The Labute approximate surface area is 146 Å². The first-order valence-corrected chi connectivity index (χ1v) is 7.44. The first-order chi connectivity index (χ1) is 12.3. The third-order valence-corrected chi connectivity index (χ3v) is 3.30. The summed E-state index contributed by atoms with van der Waals surface area (Å²) in [4.78, 5) is 22.9. The van der Waals surface area contributed by atoms with E-state index in [9.17, 15) is 27.2 Å². The minimum Gasteiger partial charge on any atom is -0.348 e. The standard InChI is InChI=1S/C18H14F4N2O2/c19-14-7-3-1-5-12(14)9-10-16(25)23-11-13-6-2-4-8-15(13)24-17(26)18(20,21)22/h1-10H,11H2,(H,23,25)(H,24,26)/b10-9+. The minimum absolute atomic E-state index is 0.0618. The van der Waals surface area contributed by atoms with Gasteiger partial charge < -0.3 is 10.6 Å². The molecule has 0 aliphatic heterocycles. The molecule has 0 bridgehead atoms. The van der Waals surface area contributed by atoms with Gasteiger partial charge in [-0.05, 0) is 23.8 Å². The molecule has 0 unspecified atom stereocenters. The van der Waals surface area contributed by atoms with Gasteiger partial charge in [0.1, 0.15) is 5.82 Å². The van der Waals surface area contributed by atoms with Crippen LogP contribution < -0.4 is 10.6 Å². The van der Waals surface area contributed by atoms with Crippen molar-refractivity contribution in [2.75, 3.05) is 5.32 Å². The van der Waals surface area contributed by atoms with Gasteiger partial charge in [-0.25, -0.2) is 4.39 Å². The molecular weight excluding hydrogens is 352 g/mol. The number of nitrogens with one attached hydrogen (secondary N) is 2. The number of carbonyl (C=O) groups excluding carboxylic acids is 2. The Hall–Kier alpha value is -3.16. The Morgan fingerprint density at radius 1 is 1.00 bits per heavy atom. The number of alkyl halides is 3. The normalized spacial score (nSPS) is 11.4. The Balaban J connectivity index is 2.00. The number of halogens is 4. The van der Waals surface area contributed by atoms with Gasteiger partial charge in [-0.1, -0.05) is 36.4 Å². The molecule has 2 aromatic carbocycles. The van der Waals surface area contributed by atoms with Crippen molar-refractivity contribution in [1.29, 1.82) is 0 Å². The minimum atomic E-state index is -5.02. The zero-order chi connectivity index (χ0) is 19.2. The molecule has 0 heterocycles. The summed E-state index contributed by atoms with van der Waals surface area (Å²) in [5.74, 6) is -3.15. The Morgan fingerprint density at radius 2 is 1.65 bits per heavy atom. The first kappa shape index (κ1) is 19.2. The number of hydrogen-bond donors (Lipinski definition) is 2. The number of carbonyl (C=O) groups is 2. The first-order valence-electron chi connectivity index (χ1n) is 7.44. The lowest BCUT2D eigenvalue weighted by molar-refractivity contribution is -0.167. The lowest BCUT2D eigenvalue weighted by Crippen LogP contribution is -2.30. The molecule has 0 aliphatic rings.